The first-order chi connectivity index (χ1) is 12.0. The fraction of sp³-hybridized carbons (Fsp3) is 0.550. The molecule has 0 spiro atoms. The molecule has 1 aromatic heterocycles. The van der Waals surface area contributed by atoms with Crippen LogP contribution in [0, 0.1) is 0 Å². The van der Waals surface area contributed by atoms with Crippen LogP contribution in [0.4, 0.5) is 0 Å². The number of hydrogen-bond donors (Lipinski definition) is 0. The third-order valence-corrected chi connectivity index (χ3v) is 4.11. The molecule has 2 rings (SSSR count). The van der Waals surface area contributed by atoms with E-state index in [2.05, 4.69) is 6.92 Å². The van der Waals surface area contributed by atoms with Gasteiger partial charge < -0.3 is 18.8 Å². The van der Waals surface area contributed by atoms with E-state index < -0.39 is 0 Å². The second-order valence-electron chi connectivity index (χ2n) is 6.48. The Morgan fingerprint density at radius 3 is 2.52 bits per heavy atom. The maximum Gasteiger partial charge on any atom is 0.297 e. The summed E-state index contributed by atoms with van der Waals surface area (Å²) in [7, 11) is 3.35. The Bertz CT molecular complexity index is 764. The van der Waals surface area contributed by atoms with Crippen LogP contribution >= 0.6 is 0 Å². The molecule has 1 aromatic carbocycles. The van der Waals surface area contributed by atoms with Crippen LogP contribution in [0.25, 0.3) is 10.9 Å². The predicted octanol–water partition coefficient (Wildman–Crippen LogP) is 4.29. The minimum absolute atomic E-state index is 0.106. The summed E-state index contributed by atoms with van der Waals surface area (Å²) in [6.07, 6.45) is 4.34. The van der Waals surface area contributed by atoms with Crippen molar-refractivity contribution in [1.82, 2.24) is 4.57 Å². The van der Waals surface area contributed by atoms with E-state index in [0.717, 1.165) is 23.7 Å². The first kappa shape index (κ1) is 19.2. The van der Waals surface area contributed by atoms with E-state index in [-0.39, 0.29) is 17.4 Å². The first-order valence-corrected chi connectivity index (χ1v) is 8.99. The van der Waals surface area contributed by atoms with Gasteiger partial charge in [-0.2, -0.15) is 0 Å². The Hall–Kier alpha value is -2.17. The number of aromatic nitrogens is 1. The van der Waals surface area contributed by atoms with Crippen LogP contribution in [0.3, 0.4) is 0 Å². The van der Waals surface area contributed by atoms with Crippen LogP contribution in [-0.2, 0) is 7.05 Å². The van der Waals surface area contributed by atoms with E-state index in [1.807, 2.05) is 32.0 Å². The van der Waals surface area contributed by atoms with Gasteiger partial charge in [-0.05, 0) is 32.4 Å². The third kappa shape index (κ3) is 4.47. The molecule has 0 radical (unpaired) electrons. The van der Waals surface area contributed by atoms with Crippen molar-refractivity contribution in [1.29, 1.82) is 0 Å². The average Bonchev–Trinajstić information content (AvgIpc) is 2.60. The van der Waals surface area contributed by atoms with Crippen LogP contribution in [0.2, 0.25) is 0 Å². The number of aryl methyl sites for hydroxylation is 1. The maximum absolute atomic E-state index is 12.8. The van der Waals surface area contributed by atoms with Gasteiger partial charge in [0.2, 0.25) is 5.75 Å². The lowest BCUT2D eigenvalue weighted by Crippen LogP contribution is -2.23. The molecule has 5 nitrogen and oxygen atoms in total. The summed E-state index contributed by atoms with van der Waals surface area (Å²) in [4.78, 5) is 12.8. The fourth-order valence-corrected chi connectivity index (χ4v) is 2.78. The molecular formula is C20H29NO4. The van der Waals surface area contributed by atoms with Gasteiger partial charge in [-0.1, -0.05) is 26.2 Å². The number of pyridine rings is 1. The molecule has 2 aromatic rings. The van der Waals surface area contributed by atoms with Gasteiger partial charge in [-0.15, -0.1) is 0 Å². The molecule has 0 unspecified atom stereocenters. The molecule has 5 heteroatoms. The third-order valence-electron chi connectivity index (χ3n) is 4.11. The zero-order chi connectivity index (χ0) is 18.4. The smallest absolute Gasteiger partial charge is 0.297 e. The van der Waals surface area contributed by atoms with Gasteiger partial charge in [-0.25, -0.2) is 0 Å². The highest BCUT2D eigenvalue weighted by molar-refractivity contribution is 5.89. The number of ether oxygens (including phenoxy) is 3. The molecule has 25 heavy (non-hydrogen) atoms. The highest BCUT2D eigenvalue weighted by atomic mass is 16.5. The molecule has 0 saturated carbocycles. The zero-order valence-corrected chi connectivity index (χ0v) is 15.9. The molecule has 0 atom stereocenters. The molecular weight excluding hydrogens is 318 g/mol. The average molecular weight is 347 g/mol. The fourth-order valence-electron chi connectivity index (χ4n) is 2.78. The van der Waals surface area contributed by atoms with Crippen LogP contribution in [0.5, 0.6) is 17.2 Å². The number of rotatable bonds is 9. The Labute approximate surface area is 149 Å². The summed E-state index contributed by atoms with van der Waals surface area (Å²) >= 11 is 0. The van der Waals surface area contributed by atoms with Crippen molar-refractivity contribution >= 4 is 10.9 Å². The van der Waals surface area contributed by atoms with Crippen LogP contribution in [-0.4, -0.2) is 24.4 Å². The van der Waals surface area contributed by atoms with Crippen molar-refractivity contribution in [3.63, 3.8) is 0 Å². The molecule has 138 valence electrons. The van der Waals surface area contributed by atoms with Crippen molar-refractivity contribution < 1.29 is 14.2 Å². The summed E-state index contributed by atoms with van der Waals surface area (Å²) in [6.45, 7) is 6.56. The minimum Gasteiger partial charge on any atom is -0.497 e. The van der Waals surface area contributed by atoms with Gasteiger partial charge in [-0.3, -0.25) is 4.79 Å². The van der Waals surface area contributed by atoms with E-state index in [9.17, 15) is 4.79 Å². The summed E-state index contributed by atoms with van der Waals surface area (Å²) in [5, 5.41) is 0.856. The first-order valence-electron chi connectivity index (χ1n) is 8.99. The van der Waals surface area contributed by atoms with Crippen molar-refractivity contribution in [3.8, 4) is 17.2 Å². The lowest BCUT2D eigenvalue weighted by molar-refractivity contribution is 0.216. The summed E-state index contributed by atoms with van der Waals surface area (Å²) in [6, 6.07) is 5.64. The normalized spacial score (nSPS) is 11.1. The lowest BCUT2D eigenvalue weighted by atomic mass is 10.1. The second kappa shape index (κ2) is 8.79. The zero-order valence-electron chi connectivity index (χ0n) is 15.9. The van der Waals surface area contributed by atoms with Gasteiger partial charge in [0.25, 0.3) is 5.56 Å². The lowest BCUT2D eigenvalue weighted by Gasteiger charge is -2.18. The number of nitrogens with zero attached hydrogens (tertiary/aromatic N) is 1. The number of methoxy groups -OCH3 is 1. The van der Waals surface area contributed by atoms with Gasteiger partial charge in [0.05, 0.1) is 25.3 Å². The SMILES string of the molecule is CCCCCCOc1c(OC(C)C)c(=O)n(C)c2cc(OC)ccc12. The van der Waals surface area contributed by atoms with Gasteiger partial charge in [0.15, 0.2) is 5.75 Å². The predicted molar refractivity (Wildman–Crippen MR) is 101 cm³/mol. The van der Waals surface area contributed by atoms with E-state index in [1.54, 1.807) is 18.7 Å². The van der Waals surface area contributed by atoms with Crippen LogP contribution in [0.15, 0.2) is 23.0 Å². The van der Waals surface area contributed by atoms with Gasteiger partial charge >= 0.3 is 0 Å². The molecule has 1 heterocycles. The molecule has 0 fully saturated rings. The van der Waals surface area contributed by atoms with Crippen molar-refractivity contribution in [2.45, 2.75) is 52.6 Å². The largest absolute Gasteiger partial charge is 0.497 e. The molecule has 0 bridgehead atoms. The molecule has 0 aliphatic carbocycles. The second-order valence-corrected chi connectivity index (χ2v) is 6.48. The number of benzene rings is 1. The maximum atomic E-state index is 12.8. The Morgan fingerprint density at radius 1 is 1.12 bits per heavy atom. The molecule has 0 aliphatic heterocycles. The van der Waals surface area contributed by atoms with Crippen LogP contribution in [0.1, 0.15) is 46.5 Å². The Kier molecular flexibility index (Phi) is 6.73. The Balaban J connectivity index is 2.49. The molecule has 0 amide bonds. The topological polar surface area (TPSA) is 49.7 Å². The highest BCUT2D eigenvalue weighted by Crippen LogP contribution is 2.35. The number of unbranched alkanes of at least 4 members (excludes halogenated alkanes) is 3. The molecule has 0 saturated heterocycles. The van der Waals surface area contributed by atoms with E-state index in [0.29, 0.717) is 18.1 Å². The quantitative estimate of drug-likeness (QED) is 0.635. The number of fused-ring (bicyclic) bond motifs is 1. The standard InChI is InChI=1S/C20H29NO4/c1-6-7-8-9-12-24-18-16-11-10-15(23-5)13-17(16)21(4)20(22)19(18)25-14(2)3/h10-11,13-14H,6-9,12H2,1-5H3. The monoisotopic (exact) mass is 347 g/mol. The minimum atomic E-state index is -0.196. The molecule has 0 aliphatic rings. The van der Waals surface area contributed by atoms with Crippen molar-refractivity contribution in [2.24, 2.45) is 7.05 Å². The molecule has 0 N–H and O–H groups in total. The highest BCUT2D eigenvalue weighted by Gasteiger charge is 2.19. The van der Waals surface area contributed by atoms with Crippen molar-refractivity contribution in [2.75, 3.05) is 13.7 Å². The van der Waals surface area contributed by atoms with E-state index >= 15 is 0 Å². The van der Waals surface area contributed by atoms with Crippen molar-refractivity contribution in [3.05, 3.63) is 28.6 Å². The Morgan fingerprint density at radius 2 is 1.88 bits per heavy atom. The van der Waals surface area contributed by atoms with Crippen LogP contribution < -0.4 is 19.8 Å². The van der Waals surface area contributed by atoms with E-state index in [1.165, 1.54) is 12.8 Å². The summed E-state index contributed by atoms with van der Waals surface area (Å²) in [5.41, 5.74) is 0.571. The van der Waals surface area contributed by atoms with Gasteiger partial charge in [0.1, 0.15) is 5.75 Å². The number of hydrogen-bond acceptors (Lipinski definition) is 4. The van der Waals surface area contributed by atoms with Gasteiger partial charge in [0, 0.05) is 18.5 Å². The summed E-state index contributed by atoms with van der Waals surface area (Å²) < 4.78 is 18.7. The summed E-state index contributed by atoms with van der Waals surface area (Å²) in [5.74, 6) is 1.52. The van der Waals surface area contributed by atoms with E-state index in [4.69, 9.17) is 14.2 Å².